The highest BCUT2D eigenvalue weighted by Gasteiger charge is 2.17. The van der Waals surface area contributed by atoms with Crippen LogP contribution in [0.4, 0.5) is 11.6 Å². The maximum Gasteiger partial charge on any atom is 0.433 e. The first-order chi connectivity index (χ1) is 9.10. The summed E-state index contributed by atoms with van der Waals surface area (Å²) in [5, 5.41) is 13.8. The third-order valence-electron chi connectivity index (χ3n) is 2.36. The number of nitro groups is 1. The number of rotatable bonds is 4. The molecule has 0 saturated heterocycles. The molecule has 0 bridgehead atoms. The van der Waals surface area contributed by atoms with Crippen LogP contribution in [0.25, 0.3) is 0 Å². The molecule has 1 aromatic heterocycles. The molecule has 0 spiro atoms. The van der Waals surface area contributed by atoms with Crippen molar-refractivity contribution < 1.29 is 14.1 Å². The second-order valence-electron chi connectivity index (χ2n) is 3.68. The predicted molar refractivity (Wildman–Crippen MR) is 72.4 cm³/mol. The quantitative estimate of drug-likeness (QED) is 0.531. The summed E-state index contributed by atoms with van der Waals surface area (Å²) < 4.78 is 4.81. The molecule has 98 valence electrons. The number of anilines is 1. The van der Waals surface area contributed by atoms with Crippen molar-refractivity contribution in [2.24, 2.45) is 0 Å². The minimum atomic E-state index is -0.693. The summed E-state index contributed by atoms with van der Waals surface area (Å²) in [6, 6.07) is 9.60. The number of nitrogens with one attached hydrogen (secondary N) is 1. The Morgan fingerprint density at radius 1 is 1.26 bits per heavy atom. The Morgan fingerprint density at radius 3 is 2.47 bits per heavy atom. The van der Waals surface area contributed by atoms with Gasteiger partial charge < -0.3 is 9.73 Å². The first kappa shape index (κ1) is 13.3. The van der Waals surface area contributed by atoms with Crippen LogP contribution < -0.4 is 5.32 Å². The van der Waals surface area contributed by atoms with Crippen molar-refractivity contribution >= 4 is 33.4 Å². The molecule has 2 aromatic rings. The van der Waals surface area contributed by atoms with Gasteiger partial charge in [0.2, 0.25) is 0 Å². The normalized spacial score (nSPS) is 10.2. The van der Waals surface area contributed by atoms with Gasteiger partial charge in [0.15, 0.2) is 5.76 Å². The van der Waals surface area contributed by atoms with E-state index < -0.39 is 16.7 Å². The Morgan fingerprint density at radius 2 is 1.95 bits per heavy atom. The Hall–Kier alpha value is -2.15. The van der Waals surface area contributed by atoms with Gasteiger partial charge in [0, 0.05) is 11.0 Å². The van der Waals surface area contributed by atoms with Crippen molar-refractivity contribution in [3.05, 3.63) is 57.8 Å². The maximum atomic E-state index is 11.8. The lowest BCUT2D eigenvalue weighted by Crippen LogP contribution is -2.10. The SMILES string of the molecule is O=C(Nc1ccc(CBr)cc1)c1ccc([N+](=O)[O-])o1. The fourth-order valence-corrected chi connectivity index (χ4v) is 1.79. The molecule has 1 aromatic carbocycles. The summed E-state index contributed by atoms with van der Waals surface area (Å²) >= 11 is 3.32. The standard InChI is InChI=1S/C12H9BrN2O4/c13-7-8-1-3-9(4-2-8)14-12(16)10-5-6-11(19-10)15(17)18/h1-6H,7H2,(H,14,16). The number of furan rings is 1. The van der Waals surface area contributed by atoms with Crippen molar-refractivity contribution in [3.63, 3.8) is 0 Å². The molecule has 0 unspecified atom stereocenters. The van der Waals surface area contributed by atoms with E-state index in [-0.39, 0.29) is 5.76 Å². The van der Waals surface area contributed by atoms with Crippen molar-refractivity contribution in [3.8, 4) is 0 Å². The van der Waals surface area contributed by atoms with Crippen LogP contribution in [0.2, 0.25) is 0 Å². The summed E-state index contributed by atoms with van der Waals surface area (Å²) in [5.41, 5.74) is 1.67. The topological polar surface area (TPSA) is 85.4 Å². The zero-order valence-corrected chi connectivity index (χ0v) is 11.2. The van der Waals surface area contributed by atoms with Gasteiger partial charge in [0.1, 0.15) is 4.92 Å². The van der Waals surface area contributed by atoms with Crippen LogP contribution in [0.5, 0.6) is 0 Å². The lowest BCUT2D eigenvalue weighted by atomic mass is 10.2. The number of carbonyl (C=O) groups excluding carboxylic acids is 1. The average molecular weight is 325 g/mol. The van der Waals surface area contributed by atoms with E-state index in [9.17, 15) is 14.9 Å². The number of benzene rings is 1. The van der Waals surface area contributed by atoms with E-state index in [1.54, 1.807) is 12.1 Å². The molecule has 1 N–H and O–H groups in total. The maximum absolute atomic E-state index is 11.8. The second kappa shape index (κ2) is 5.66. The van der Waals surface area contributed by atoms with Crippen molar-refractivity contribution in [2.75, 3.05) is 5.32 Å². The van der Waals surface area contributed by atoms with Crippen LogP contribution >= 0.6 is 15.9 Å². The molecule has 0 saturated carbocycles. The predicted octanol–water partition coefficient (Wildman–Crippen LogP) is 3.34. The number of hydrogen-bond donors (Lipinski definition) is 1. The smallest absolute Gasteiger partial charge is 0.395 e. The van der Waals surface area contributed by atoms with Gasteiger partial charge in [-0.1, -0.05) is 28.1 Å². The monoisotopic (exact) mass is 324 g/mol. The van der Waals surface area contributed by atoms with E-state index in [1.165, 1.54) is 6.07 Å². The molecular weight excluding hydrogens is 316 g/mol. The Labute approximate surface area is 116 Å². The number of nitrogens with zero attached hydrogens (tertiary/aromatic N) is 1. The molecule has 0 radical (unpaired) electrons. The van der Waals surface area contributed by atoms with Crippen LogP contribution in [0.3, 0.4) is 0 Å². The molecule has 0 aliphatic rings. The van der Waals surface area contributed by atoms with Crippen molar-refractivity contribution in [2.45, 2.75) is 5.33 Å². The molecule has 0 atom stereocenters. The molecule has 7 heteroatoms. The zero-order valence-electron chi connectivity index (χ0n) is 9.63. The minimum absolute atomic E-state index is 0.101. The van der Waals surface area contributed by atoms with Gasteiger partial charge in [0.25, 0.3) is 5.91 Å². The van der Waals surface area contributed by atoms with E-state index >= 15 is 0 Å². The van der Waals surface area contributed by atoms with Crippen molar-refractivity contribution in [1.82, 2.24) is 0 Å². The van der Waals surface area contributed by atoms with E-state index in [2.05, 4.69) is 21.2 Å². The van der Waals surface area contributed by atoms with E-state index in [4.69, 9.17) is 4.42 Å². The molecule has 1 amide bonds. The third-order valence-corrected chi connectivity index (χ3v) is 3.01. The highest BCUT2D eigenvalue weighted by Crippen LogP contribution is 2.18. The summed E-state index contributed by atoms with van der Waals surface area (Å²) in [7, 11) is 0. The molecule has 6 nitrogen and oxygen atoms in total. The van der Waals surface area contributed by atoms with Crippen molar-refractivity contribution in [1.29, 1.82) is 0 Å². The second-order valence-corrected chi connectivity index (χ2v) is 4.24. The van der Waals surface area contributed by atoms with Gasteiger partial charge in [-0.15, -0.1) is 0 Å². The van der Waals surface area contributed by atoms with Crippen LogP contribution in [0.1, 0.15) is 16.1 Å². The molecule has 0 aliphatic heterocycles. The summed E-state index contributed by atoms with van der Waals surface area (Å²) in [6.45, 7) is 0. The number of hydrogen-bond acceptors (Lipinski definition) is 4. The van der Waals surface area contributed by atoms with E-state index in [0.29, 0.717) is 5.69 Å². The van der Waals surface area contributed by atoms with E-state index in [0.717, 1.165) is 17.0 Å². The first-order valence-corrected chi connectivity index (χ1v) is 6.43. The van der Waals surface area contributed by atoms with Crippen LogP contribution in [-0.4, -0.2) is 10.8 Å². The number of alkyl halides is 1. The fourth-order valence-electron chi connectivity index (χ4n) is 1.42. The Kier molecular flexibility index (Phi) is 3.96. The summed E-state index contributed by atoms with van der Waals surface area (Å²) in [4.78, 5) is 21.5. The molecular formula is C12H9BrN2O4. The van der Waals surface area contributed by atoms with Gasteiger partial charge in [-0.3, -0.25) is 14.9 Å². The highest BCUT2D eigenvalue weighted by molar-refractivity contribution is 9.08. The van der Waals surface area contributed by atoms with Gasteiger partial charge in [-0.25, -0.2) is 0 Å². The zero-order chi connectivity index (χ0) is 13.8. The number of halogens is 1. The van der Waals surface area contributed by atoms with Crippen LogP contribution in [0.15, 0.2) is 40.8 Å². The molecule has 19 heavy (non-hydrogen) atoms. The van der Waals surface area contributed by atoms with Gasteiger partial charge >= 0.3 is 5.88 Å². The van der Waals surface area contributed by atoms with Gasteiger partial charge in [-0.2, -0.15) is 0 Å². The molecule has 2 rings (SSSR count). The number of amides is 1. The van der Waals surface area contributed by atoms with Crippen LogP contribution in [-0.2, 0) is 5.33 Å². The first-order valence-electron chi connectivity index (χ1n) is 5.30. The Balaban J connectivity index is 2.08. The van der Waals surface area contributed by atoms with E-state index in [1.807, 2.05) is 12.1 Å². The Bertz CT molecular complexity index is 606. The molecule has 1 heterocycles. The lowest BCUT2D eigenvalue weighted by molar-refractivity contribution is -0.402. The van der Waals surface area contributed by atoms with Gasteiger partial charge in [0.05, 0.1) is 6.07 Å². The molecule has 0 fully saturated rings. The summed E-state index contributed by atoms with van der Waals surface area (Å²) in [6.07, 6.45) is 0. The highest BCUT2D eigenvalue weighted by atomic mass is 79.9. The lowest BCUT2D eigenvalue weighted by Gasteiger charge is -2.03. The third kappa shape index (κ3) is 3.19. The number of carbonyl (C=O) groups is 1. The van der Waals surface area contributed by atoms with Gasteiger partial charge in [-0.05, 0) is 23.8 Å². The minimum Gasteiger partial charge on any atom is -0.395 e. The molecule has 0 aliphatic carbocycles. The largest absolute Gasteiger partial charge is 0.433 e. The summed E-state index contributed by atoms with van der Waals surface area (Å²) in [5.74, 6) is -1.09. The average Bonchev–Trinajstić information content (AvgIpc) is 2.89. The fraction of sp³-hybridized carbons (Fsp3) is 0.0833. The van der Waals surface area contributed by atoms with Crippen LogP contribution in [0, 0.1) is 10.1 Å².